The van der Waals surface area contributed by atoms with Crippen molar-refractivity contribution in [3.63, 3.8) is 0 Å². The van der Waals surface area contributed by atoms with Gasteiger partial charge in [-0.2, -0.15) is 0 Å². The van der Waals surface area contributed by atoms with E-state index in [1.807, 2.05) is 4.90 Å². The number of carboxylic acids is 2. The van der Waals surface area contributed by atoms with Gasteiger partial charge in [0.25, 0.3) is 0 Å². The van der Waals surface area contributed by atoms with Crippen molar-refractivity contribution < 1.29 is 34.1 Å². The third-order valence-electron chi connectivity index (χ3n) is 5.53. The first-order chi connectivity index (χ1) is 16.6. The van der Waals surface area contributed by atoms with Gasteiger partial charge in [-0.15, -0.1) is 11.3 Å². The zero-order chi connectivity index (χ0) is 25.5. The average molecular weight is 503 g/mol. The molecule has 12 heteroatoms. The molecule has 186 valence electrons. The van der Waals surface area contributed by atoms with Crippen LogP contribution < -0.4 is 15.8 Å². The van der Waals surface area contributed by atoms with Crippen LogP contribution in [0.2, 0.25) is 0 Å². The van der Waals surface area contributed by atoms with Gasteiger partial charge in [0.05, 0.1) is 6.04 Å². The van der Waals surface area contributed by atoms with Crippen LogP contribution in [0.4, 0.5) is 0 Å². The summed E-state index contributed by atoms with van der Waals surface area (Å²) in [7, 11) is 0. The molecular weight excluding hydrogens is 476 g/mol. The molecule has 2 heterocycles. The topological polar surface area (TPSA) is 183 Å². The van der Waals surface area contributed by atoms with Gasteiger partial charge in [-0.25, -0.2) is 9.59 Å². The molecule has 0 bridgehead atoms. The standard InChI is InChI=1S/C23H26N4O7S/c24-20(25)13-3-5-14(6-4-13)34-23(33)18-9-7-15(35-18)12-27-11-1-2-17(27)21(30)26-16(22(31)32)8-10-19(28)29/h3-7,9,16-17H,1-2,8,10-12H2,(H3,24,25)(H,26,30)(H,28,29)(H,31,32)/t16?,17-/m0/s1. The third kappa shape index (κ3) is 7.11. The predicted octanol–water partition coefficient (Wildman–Crippen LogP) is 1.65. The monoisotopic (exact) mass is 502 g/mol. The molecule has 0 saturated carbocycles. The zero-order valence-corrected chi connectivity index (χ0v) is 19.5. The van der Waals surface area contributed by atoms with E-state index in [2.05, 4.69) is 5.32 Å². The van der Waals surface area contributed by atoms with Gasteiger partial charge in [0.2, 0.25) is 5.91 Å². The van der Waals surface area contributed by atoms with E-state index in [0.29, 0.717) is 35.7 Å². The number of amides is 1. The first-order valence-electron chi connectivity index (χ1n) is 10.9. The second-order valence-electron chi connectivity index (χ2n) is 8.05. The number of likely N-dealkylation sites (tertiary alicyclic amines) is 1. The first kappa shape index (κ1) is 25.8. The van der Waals surface area contributed by atoms with E-state index in [9.17, 15) is 24.3 Å². The molecule has 1 unspecified atom stereocenters. The maximum absolute atomic E-state index is 12.7. The van der Waals surface area contributed by atoms with Gasteiger partial charge < -0.3 is 26.0 Å². The van der Waals surface area contributed by atoms with Crippen molar-refractivity contribution in [3.05, 3.63) is 51.7 Å². The van der Waals surface area contributed by atoms with Crippen LogP contribution in [0, 0.1) is 5.41 Å². The van der Waals surface area contributed by atoms with Crippen LogP contribution in [0.25, 0.3) is 0 Å². The SMILES string of the molecule is N=C(N)c1ccc(OC(=O)c2ccc(CN3CCC[C@H]3C(=O)NC(CCC(=O)O)C(=O)O)s2)cc1. The van der Waals surface area contributed by atoms with Gasteiger partial charge in [0, 0.05) is 23.4 Å². The molecule has 1 fully saturated rings. The second-order valence-corrected chi connectivity index (χ2v) is 9.22. The summed E-state index contributed by atoms with van der Waals surface area (Å²) >= 11 is 1.24. The number of carbonyl (C=O) groups is 4. The minimum Gasteiger partial charge on any atom is -0.481 e. The quantitative estimate of drug-likeness (QED) is 0.132. The lowest BCUT2D eigenvalue weighted by atomic mass is 10.1. The number of nitrogens with two attached hydrogens (primary N) is 1. The molecule has 1 aliphatic heterocycles. The number of hydrogen-bond donors (Lipinski definition) is 5. The molecule has 2 atom stereocenters. The number of thiophene rings is 1. The number of nitrogens with zero attached hydrogens (tertiary/aromatic N) is 1. The average Bonchev–Trinajstić information content (AvgIpc) is 3.46. The highest BCUT2D eigenvalue weighted by molar-refractivity contribution is 7.13. The Hall–Kier alpha value is -3.77. The molecule has 0 aliphatic carbocycles. The van der Waals surface area contributed by atoms with Crippen molar-refractivity contribution in [1.29, 1.82) is 5.41 Å². The van der Waals surface area contributed by atoms with Gasteiger partial charge in [-0.05, 0) is 62.2 Å². The molecular formula is C23H26N4O7S. The molecule has 3 rings (SSSR count). The lowest BCUT2D eigenvalue weighted by Gasteiger charge is -2.24. The number of hydrogen-bond acceptors (Lipinski definition) is 8. The number of esters is 1. The molecule has 6 N–H and O–H groups in total. The van der Waals surface area contributed by atoms with Gasteiger partial charge in [0.15, 0.2) is 0 Å². The highest BCUT2D eigenvalue weighted by Gasteiger charge is 2.33. The normalized spacial score (nSPS) is 16.4. The third-order valence-corrected chi connectivity index (χ3v) is 6.58. The predicted molar refractivity (Wildman–Crippen MR) is 127 cm³/mol. The maximum atomic E-state index is 12.7. The summed E-state index contributed by atoms with van der Waals surface area (Å²) in [6.07, 6.45) is 0.743. The van der Waals surface area contributed by atoms with Crippen molar-refractivity contribution in [2.45, 2.75) is 44.3 Å². The van der Waals surface area contributed by atoms with Crippen molar-refractivity contribution in [3.8, 4) is 5.75 Å². The van der Waals surface area contributed by atoms with Crippen LogP contribution >= 0.6 is 11.3 Å². The minimum atomic E-state index is -1.28. The number of rotatable bonds is 11. The summed E-state index contributed by atoms with van der Waals surface area (Å²) in [6.45, 7) is 1.03. The summed E-state index contributed by atoms with van der Waals surface area (Å²) in [5, 5.41) is 27.9. The van der Waals surface area contributed by atoms with Crippen LogP contribution in [0.5, 0.6) is 5.75 Å². The molecule has 1 saturated heterocycles. The maximum Gasteiger partial charge on any atom is 0.353 e. The largest absolute Gasteiger partial charge is 0.481 e. The van der Waals surface area contributed by atoms with E-state index in [1.54, 1.807) is 36.4 Å². The van der Waals surface area contributed by atoms with Crippen LogP contribution in [0.1, 0.15) is 45.8 Å². The van der Waals surface area contributed by atoms with E-state index in [1.165, 1.54) is 11.3 Å². The number of ether oxygens (including phenoxy) is 1. The smallest absolute Gasteiger partial charge is 0.353 e. The van der Waals surface area contributed by atoms with Crippen LogP contribution in [-0.4, -0.2) is 63.4 Å². The van der Waals surface area contributed by atoms with Gasteiger partial charge in [0.1, 0.15) is 22.5 Å². The van der Waals surface area contributed by atoms with Crippen molar-refractivity contribution in [1.82, 2.24) is 10.2 Å². The molecule has 35 heavy (non-hydrogen) atoms. The summed E-state index contributed by atoms with van der Waals surface area (Å²) in [4.78, 5) is 50.5. The fourth-order valence-electron chi connectivity index (χ4n) is 3.74. The molecule has 2 aromatic rings. The van der Waals surface area contributed by atoms with E-state index in [4.69, 9.17) is 21.0 Å². The number of nitrogen functional groups attached to an aromatic ring is 1. The van der Waals surface area contributed by atoms with Gasteiger partial charge >= 0.3 is 17.9 Å². The second kappa shape index (κ2) is 11.6. The number of amidine groups is 1. The first-order valence-corrected chi connectivity index (χ1v) is 11.7. The van der Waals surface area contributed by atoms with E-state index < -0.39 is 35.9 Å². The highest BCUT2D eigenvalue weighted by Crippen LogP contribution is 2.25. The van der Waals surface area contributed by atoms with Gasteiger partial charge in [-0.1, -0.05) is 0 Å². The van der Waals surface area contributed by atoms with Crippen LogP contribution in [-0.2, 0) is 20.9 Å². The van der Waals surface area contributed by atoms with Crippen molar-refractivity contribution >= 4 is 41.0 Å². The minimum absolute atomic E-state index is 0.0848. The molecule has 1 aliphatic rings. The number of nitrogens with one attached hydrogen (secondary N) is 2. The number of carbonyl (C=O) groups excluding carboxylic acids is 2. The lowest BCUT2D eigenvalue weighted by molar-refractivity contribution is -0.143. The number of aliphatic carboxylic acids is 2. The van der Waals surface area contributed by atoms with E-state index in [0.717, 1.165) is 11.3 Å². The van der Waals surface area contributed by atoms with Crippen LogP contribution in [0.15, 0.2) is 36.4 Å². The van der Waals surface area contributed by atoms with Gasteiger partial charge in [-0.3, -0.25) is 19.9 Å². The van der Waals surface area contributed by atoms with E-state index >= 15 is 0 Å². The molecule has 11 nitrogen and oxygen atoms in total. The van der Waals surface area contributed by atoms with Crippen LogP contribution in [0.3, 0.4) is 0 Å². The fourth-order valence-corrected chi connectivity index (χ4v) is 4.65. The fraction of sp³-hybridized carbons (Fsp3) is 0.348. The Morgan fingerprint density at radius 3 is 2.51 bits per heavy atom. The summed E-state index contributed by atoms with van der Waals surface area (Å²) < 4.78 is 5.37. The summed E-state index contributed by atoms with van der Waals surface area (Å²) in [5.74, 6) is -3.16. The number of carboxylic acid groups (broad SMARTS) is 2. The Labute approximate surface area is 205 Å². The number of benzene rings is 1. The zero-order valence-electron chi connectivity index (χ0n) is 18.7. The molecule has 1 aromatic carbocycles. The molecule has 1 amide bonds. The summed E-state index contributed by atoms with van der Waals surface area (Å²) in [6, 6.07) is 7.88. The Balaban J connectivity index is 1.58. The lowest BCUT2D eigenvalue weighted by Crippen LogP contribution is -2.49. The molecule has 0 spiro atoms. The molecule has 1 aromatic heterocycles. The Bertz CT molecular complexity index is 1120. The Morgan fingerprint density at radius 1 is 1.17 bits per heavy atom. The van der Waals surface area contributed by atoms with E-state index in [-0.39, 0.29) is 18.7 Å². The Kier molecular flexibility index (Phi) is 8.55. The molecule has 0 radical (unpaired) electrons. The Morgan fingerprint density at radius 2 is 1.89 bits per heavy atom. The summed E-state index contributed by atoms with van der Waals surface area (Å²) in [5.41, 5.74) is 5.93. The van der Waals surface area contributed by atoms with Crippen molar-refractivity contribution in [2.24, 2.45) is 5.73 Å². The highest BCUT2D eigenvalue weighted by atomic mass is 32.1. The van der Waals surface area contributed by atoms with Crippen molar-refractivity contribution in [2.75, 3.05) is 6.54 Å².